The van der Waals surface area contributed by atoms with Crippen molar-refractivity contribution >= 4 is 11.9 Å². The number of benzene rings is 1. The van der Waals surface area contributed by atoms with Crippen LogP contribution in [0.3, 0.4) is 0 Å². The lowest BCUT2D eigenvalue weighted by Gasteiger charge is -2.32. The van der Waals surface area contributed by atoms with Crippen molar-refractivity contribution in [3.05, 3.63) is 53.9 Å². The van der Waals surface area contributed by atoms with E-state index in [2.05, 4.69) is 20.2 Å². The van der Waals surface area contributed by atoms with Gasteiger partial charge in [0.2, 0.25) is 11.9 Å². The van der Waals surface area contributed by atoms with Crippen LogP contribution in [0.1, 0.15) is 24.1 Å². The van der Waals surface area contributed by atoms with Gasteiger partial charge in [-0.1, -0.05) is 30.3 Å². The Kier molecular flexibility index (Phi) is 4.86. The number of carbonyl (C=O) groups is 1. The number of anilines is 1. The van der Waals surface area contributed by atoms with Crippen molar-refractivity contribution in [2.24, 2.45) is 5.92 Å². The Bertz CT molecular complexity index is 659. The van der Waals surface area contributed by atoms with Gasteiger partial charge in [-0.05, 0) is 31.4 Å². The molecule has 2 heterocycles. The molecule has 120 valence electrons. The van der Waals surface area contributed by atoms with E-state index in [9.17, 15) is 4.79 Å². The molecular formula is C18H22N4O. The molecule has 1 aliphatic rings. The predicted octanol–water partition coefficient (Wildman–Crippen LogP) is 2.32. The molecule has 23 heavy (non-hydrogen) atoms. The smallest absolute Gasteiger partial charge is 0.225 e. The fourth-order valence-electron chi connectivity index (χ4n) is 2.89. The maximum atomic E-state index is 12.4. The number of aromatic nitrogens is 2. The van der Waals surface area contributed by atoms with E-state index >= 15 is 0 Å². The minimum absolute atomic E-state index is 0.00317. The Morgan fingerprint density at radius 2 is 2.13 bits per heavy atom. The van der Waals surface area contributed by atoms with E-state index in [0.29, 0.717) is 13.1 Å². The summed E-state index contributed by atoms with van der Waals surface area (Å²) in [5.41, 5.74) is 2.07. The quantitative estimate of drug-likeness (QED) is 0.941. The maximum Gasteiger partial charge on any atom is 0.225 e. The number of carbonyl (C=O) groups excluding carboxylic acids is 1. The topological polar surface area (TPSA) is 58.1 Å². The minimum atomic E-state index is -0.00317. The Morgan fingerprint density at radius 1 is 1.30 bits per heavy atom. The third-order valence-electron chi connectivity index (χ3n) is 4.17. The second-order valence-corrected chi connectivity index (χ2v) is 5.99. The van der Waals surface area contributed by atoms with Crippen LogP contribution in [-0.4, -0.2) is 29.0 Å². The second-order valence-electron chi connectivity index (χ2n) is 5.99. The molecule has 1 unspecified atom stereocenters. The van der Waals surface area contributed by atoms with E-state index in [-0.39, 0.29) is 11.8 Å². The highest BCUT2D eigenvalue weighted by Gasteiger charge is 2.26. The third kappa shape index (κ3) is 4.06. The molecule has 0 bridgehead atoms. The molecule has 5 nitrogen and oxygen atoms in total. The van der Waals surface area contributed by atoms with Gasteiger partial charge in [-0.15, -0.1) is 0 Å². The number of rotatable bonds is 4. The lowest BCUT2D eigenvalue weighted by molar-refractivity contribution is -0.125. The van der Waals surface area contributed by atoms with E-state index in [1.165, 1.54) is 0 Å². The molecule has 1 saturated heterocycles. The average Bonchev–Trinajstić information content (AvgIpc) is 2.61. The minimum Gasteiger partial charge on any atom is -0.352 e. The van der Waals surface area contributed by atoms with Crippen LogP contribution in [0.2, 0.25) is 0 Å². The number of piperidine rings is 1. The summed E-state index contributed by atoms with van der Waals surface area (Å²) in [6, 6.07) is 11.9. The van der Waals surface area contributed by atoms with Gasteiger partial charge in [-0.25, -0.2) is 9.97 Å². The zero-order valence-electron chi connectivity index (χ0n) is 13.4. The fraction of sp³-hybridized carbons (Fsp3) is 0.389. The van der Waals surface area contributed by atoms with Gasteiger partial charge in [0.1, 0.15) is 0 Å². The lowest BCUT2D eigenvalue weighted by Crippen LogP contribution is -2.43. The van der Waals surface area contributed by atoms with E-state index in [0.717, 1.165) is 36.6 Å². The van der Waals surface area contributed by atoms with Crippen molar-refractivity contribution in [3.63, 3.8) is 0 Å². The summed E-state index contributed by atoms with van der Waals surface area (Å²) in [7, 11) is 0. The Morgan fingerprint density at radius 3 is 2.91 bits per heavy atom. The number of aryl methyl sites for hydroxylation is 1. The van der Waals surface area contributed by atoms with E-state index in [4.69, 9.17) is 0 Å². The predicted molar refractivity (Wildman–Crippen MR) is 90.0 cm³/mol. The van der Waals surface area contributed by atoms with Gasteiger partial charge in [0.25, 0.3) is 0 Å². The van der Waals surface area contributed by atoms with E-state index in [1.54, 1.807) is 6.20 Å². The van der Waals surface area contributed by atoms with Gasteiger partial charge in [-0.3, -0.25) is 4.79 Å². The zero-order chi connectivity index (χ0) is 16.1. The van der Waals surface area contributed by atoms with Crippen LogP contribution in [0, 0.1) is 12.8 Å². The van der Waals surface area contributed by atoms with Crippen LogP contribution in [0.25, 0.3) is 0 Å². The maximum absolute atomic E-state index is 12.4. The highest BCUT2D eigenvalue weighted by molar-refractivity contribution is 5.79. The molecular weight excluding hydrogens is 288 g/mol. The first kappa shape index (κ1) is 15.5. The van der Waals surface area contributed by atoms with Crippen molar-refractivity contribution in [3.8, 4) is 0 Å². The zero-order valence-corrected chi connectivity index (χ0v) is 13.4. The molecule has 1 N–H and O–H groups in total. The summed E-state index contributed by atoms with van der Waals surface area (Å²) in [6.45, 7) is 4.13. The molecule has 0 radical (unpaired) electrons. The highest BCUT2D eigenvalue weighted by Crippen LogP contribution is 2.20. The van der Waals surface area contributed by atoms with Crippen molar-refractivity contribution in [2.45, 2.75) is 26.3 Å². The molecule has 0 saturated carbocycles. The average molecular weight is 310 g/mol. The summed E-state index contributed by atoms with van der Waals surface area (Å²) in [4.78, 5) is 23.4. The molecule has 1 aliphatic heterocycles. The van der Waals surface area contributed by atoms with Crippen molar-refractivity contribution < 1.29 is 4.79 Å². The highest BCUT2D eigenvalue weighted by atomic mass is 16.1. The first-order chi connectivity index (χ1) is 11.2. The fourth-order valence-corrected chi connectivity index (χ4v) is 2.89. The number of nitrogens with one attached hydrogen (secondary N) is 1. The van der Waals surface area contributed by atoms with Crippen molar-refractivity contribution in [1.82, 2.24) is 15.3 Å². The molecule has 1 amide bonds. The third-order valence-corrected chi connectivity index (χ3v) is 4.17. The van der Waals surface area contributed by atoms with Crippen LogP contribution >= 0.6 is 0 Å². The number of amides is 1. The molecule has 1 aromatic carbocycles. The Labute approximate surface area is 136 Å². The second kappa shape index (κ2) is 7.22. The molecule has 0 spiro atoms. The summed E-state index contributed by atoms with van der Waals surface area (Å²) < 4.78 is 0. The van der Waals surface area contributed by atoms with Crippen molar-refractivity contribution in [1.29, 1.82) is 0 Å². The first-order valence-corrected chi connectivity index (χ1v) is 8.08. The SMILES string of the molecule is Cc1ccnc(N2CCCC(C(=O)NCc3ccccc3)C2)n1. The van der Waals surface area contributed by atoms with Gasteiger partial charge in [0, 0.05) is 31.5 Å². The van der Waals surface area contributed by atoms with Crippen LogP contribution in [0.15, 0.2) is 42.6 Å². The first-order valence-electron chi connectivity index (χ1n) is 8.08. The normalized spacial score (nSPS) is 17.8. The van der Waals surface area contributed by atoms with Crippen LogP contribution < -0.4 is 10.2 Å². The Hall–Kier alpha value is -2.43. The van der Waals surface area contributed by atoms with Gasteiger partial charge in [-0.2, -0.15) is 0 Å². The summed E-state index contributed by atoms with van der Waals surface area (Å²) in [5, 5.41) is 3.05. The summed E-state index contributed by atoms with van der Waals surface area (Å²) >= 11 is 0. The summed E-state index contributed by atoms with van der Waals surface area (Å²) in [6.07, 6.45) is 3.68. The van der Waals surface area contributed by atoms with Gasteiger partial charge in [0.15, 0.2) is 0 Å². The number of hydrogen-bond acceptors (Lipinski definition) is 4. The standard InChI is InChI=1S/C18H22N4O/c1-14-9-10-19-18(21-14)22-11-5-8-16(13-22)17(23)20-12-15-6-3-2-4-7-15/h2-4,6-7,9-10,16H,5,8,11-13H2,1H3,(H,20,23). The number of hydrogen-bond donors (Lipinski definition) is 1. The number of nitrogens with zero attached hydrogens (tertiary/aromatic N) is 3. The van der Waals surface area contributed by atoms with Gasteiger partial charge >= 0.3 is 0 Å². The van der Waals surface area contributed by atoms with Gasteiger partial charge < -0.3 is 10.2 Å². The molecule has 1 aromatic heterocycles. The van der Waals surface area contributed by atoms with Gasteiger partial charge in [0.05, 0.1) is 5.92 Å². The molecule has 3 rings (SSSR count). The van der Waals surface area contributed by atoms with Crippen LogP contribution in [-0.2, 0) is 11.3 Å². The molecule has 5 heteroatoms. The lowest BCUT2D eigenvalue weighted by atomic mass is 9.97. The largest absolute Gasteiger partial charge is 0.352 e. The van der Waals surface area contributed by atoms with E-state index in [1.807, 2.05) is 43.3 Å². The monoisotopic (exact) mass is 310 g/mol. The summed E-state index contributed by atoms with van der Waals surface area (Å²) in [5.74, 6) is 0.841. The van der Waals surface area contributed by atoms with Crippen LogP contribution in [0.4, 0.5) is 5.95 Å². The van der Waals surface area contributed by atoms with Crippen LogP contribution in [0.5, 0.6) is 0 Å². The molecule has 0 aliphatic carbocycles. The molecule has 1 atom stereocenters. The Balaban J connectivity index is 1.58. The molecule has 1 fully saturated rings. The van der Waals surface area contributed by atoms with E-state index < -0.39 is 0 Å². The van der Waals surface area contributed by atoms with Crippen molar-refractivity contribution in [2.75, 3.05) is 18.0 Å². The molecule has 2 aromatic rings.